The molecule has 4 aromatic rings. The highest BCUT2D eigenvalue weighted by molar-refractivity contribution is 5.79. The normalized spacial score (nSPS) is 16.7. The smallest absolute Gasteiger partial charge is 0.306 e. The van der Waals surface area contributed by atoms with Gasteiger partial charge in [-0.15, -0.1) is 0 Å². The van der Waals surface area contributed by atoms with Crippen LogP contribution in [0.25, 0.3) is 28.5 Å². The van der Waals surface area contributed by atoms with Gasteiger partial charge in [-0.1, -0.05) is 0 Å². The molecule has 0 aliphatic carbocycles. The van der Waals surface area contributed by atoms with Crippen molar-refractivity contribution in [2.75, 3.05) is 18.5 Å². The molecule has 5 rings (SSSR count). The zero-order valence-electron chi connectivity index (χ0n) is 15.0. The maximum absolute atomic E-state index is 13.4. The summed E-state index contributed by atoms with van der Waals surface area (Å²) in [5, 5.41) is 3.25. The fourth-order valence-corrected chi connectivity index (χ4v) is 3.43. The van der Waals surface area contributed by atoms with E-state index in [2.05, 4.69) is 20.3 Å². The Kier molecular flexibility index (Phi) is 4.25. The van der Waals surface area contributed by atoms with Crippen LogP contribution in [-0.2, 0) is 4.74 Å². The van der Waals surface area contributed by atoms with E-state index in [0.29, 0.717) is 29.7 Å². The largest absolute Gasteiger partial charge is 0.432 e. The molecule has 0 radical (unpaired) electrons. The van der Waals surface area contributed by atoms with Crippen LogP contribution in [0.5, 0.6) is 0 Å². The fraction of sp³-hybridized carbons (Fsp3) is 0.250. The molecule has 142 valence electrons. The van der Waals surface area contributed by atoms with Crippen LogP contribution in [0.2, 0.25) is 0 Å². The van der Waals surface area contributed by atoms with E-state index in [1.54, 1.807) is 30.8 Å². The van der Waals surface area contributed by atoms with Gasteiger partial charge >= 0.3 is 5.84 Å². The van der Waals surface area contributed by atoms with Crippen LogP contribution in [0.1, 0.15) is 12.8 Å². The predicted octanol–water partition coefficient (Wildman–Crippen LogP) is 3.78. The second kappa shape index (κ2) is 7.05. The monoisotopic (exact) mass is 379 g/mol. The molecule has 1 saturated heterocycles. The average molecular weight is 379 g/mol. The molecule has 1 atom stereocenters. The molecule has 0 amide bonds. The SMILES string of the molecule is Fc1ccc(-c2nc3occn3c2-c2ccnc(NC[C@@H]3CCCO3)n2)cc1. The molecular weight excluding hydrogens is 361 g/mol. The third-order valence-corrected chi connectivity index (χ3v) is 4.79. The van der Waals surface area contributed by atoms with Gasteiger partial charge in [0.25, 0.3) is 0 Å². The molecule has 1 aliphatic rings. The van der Waals surface area contributed by atoms with Crippen molar-refractivity contribution in [2.45, 2.75) is 18.9 Å². The number of aromatic nitrogens is 4. The van der Waals surface area contributed by atoms with Gasteiger partial charge in [0.05, 0.1) is 11.8 Å². The van der Waals surface area contributed by atoms with E-state index in [1.807, 2.05) is 10.5 Å². The Balaban J connectivity index is 1.53. The molecule has 1 N–H and O–H groups in total. The number of rotatable bonds is 5. The molecular formula is C20H18FN5O2. The van der Waals surface area contributed by atoms with Gasteiger partial charge in [-0.25, -0.2) is 14.4 Å². The maximum atomic E-state index is 13.4. The summed E-state index contributed by atoms with van der Waals surface area (Å²) in [4.78, 5) is 13.5. The van der Waals surface area contributed by atoms with E-state index < -0.39 is 0 Å². The zero-order chi connectivity index (χ0) is 18.9. The standard InChI is InChI=1S/C20H18FN5O2/c21-14-5-3-13(4-6-14)17-18(26-9-11-28-20(26)25-17)16-7-8-22-19(24-16)23-12-15-2-1-10-27-15/h3-9,11,15H,1-2,10,12H2,(H,22,23,24)/t15-/m0/s1. The summed E-state index contributed by atoms with van der Waals surface area (Å²) in [6.07, 6.45) is 7.37. The van der Waals surface area contributed by atoms with Crippen molar-refractivity contribution in [1.29, 1.82) is 0 Å². The number of nitrogens with one attached hydrogen (secondary N) is 1. The third-order valence-electron chi connectivity index (χ3n) is 4.79. The van der Waals surface area contributed by atoms with Crippen molar-refractivity contribution in [3.05, 3.63) is 54.8 Å². The molecule has 0 bridgehead atoms. The summed E-state index contributed by atoms with van der Waals surface area (Å²) in [7, 11) is 0. The summed E-state index contributed by atoms with van der Waals surface area (Å²) in [5.41, 5.74) is 2.90. The number of fused-ring (bicyclic) bond motifs is 1. The van der Waals surface area contributed by atoms with Crippen LogP contribution >= 0.6 is 0 Å². The number of nitrogens with zero attached hydrogens (tertiary/aromatic N) is 4. The van der Waals surface area contributed by atoms with E-state index in [-0.39, 0.29) is 11.9 Å². The number of benzene rings is 1. The second-order valence-electron chi connectivity index (χ2n) is 6.65. The maximum Gasteiger partial charge on any atom is 0.306 e. The molecule has 0 spiro atoms. The molecule has 1 aromatic carbocycles. The van der Waals surface area contributed by atoms with Crippen LogP contribution in [-0.4, -0.2) is 38.6 Å². The van der Waals surface area contributed by atoms with E-state index in [0.717, 1.165) is 30.7 Å². The third kappa shape index (κ3) is 3.11. The van der Waals surface area contributed by atoms with Crippen LogP contribution < -0.4 is 5.32 Å². The molecule has 8 heteroatoms. The van der Waals surface area contributed by atoms with Gasteiger partial charge in [-0.2, -0.15) is 4.98 Å². The van der Waals surface area contributed by atoms with Crippen LogP contribution in [0.4, 0.5) is 10.3 Å². The Bertz CT molecular complexity index is 1100. The minimum atomic E-state index is -0.296. The summed E-state index contributed by atoms with van der Waals surface area (Å²) < 4.78 is 26.3. The lowest BCUT2D eigenvalue weighted by Gasteiger charge is -2.11. The number of halogens is 1. The highest BCUT2D eigenvalue weighted by Gasteiger charge is 2.20. The topological polar surface area (TPSA) is 77.5 Å². The Morgan fingerprint density at radius 1 is 1.18 bits per heavy atom. The predicted molar refractivity (Wildman–Crippen MR) is 101 cm³/mol. The molecule has 1 aliphatic heterocycles. The molecule has 4 heterocycles. The first kappa shape index (κ1) is 16.9. The minimum absolute atomic E-state index is 0.192. The minimum Gasteiger partial charge on any atom is -0.432 e. The van der Waals surface area contributed by atoms with Gasteiger partial charge in [-0.3, -0.25) is 4.40 Å². The van der Waals surface area contributed by atoms with Gasteiger partial charge in [0, 0.05) is 31.1 Å². The summed E-state index contributed by atoms with van der Waals surface area (Å²) >= 11 is 0. The van der Waals surface area contributed by atoms with Gasteiger partial charge in [-0.05, 0) is 43.2 Å². The Labute approximate surface area is 160 Å². The number of anilines is 1. The molecule has 0 unspecified atom stereocenters. The quantitative estimate of drug-likeness (QED) is 0.569. The molecule has 7 nitrogen and oxygen atoms in total. The van der Waals surface area contributed by atoms with E-state index in [4.69, 9.17) is 9.15 Å². The second-order valence-corrected chi connectivity index (χ2v) is 6.65. The first-order valence-electron chi connectivity index (χ1n) is 9.18. The average Bonchev–Trinajstić information content (AvgIpc) is 3.44. The molecule has 1 fully saturated rings. The van der Waals surface area contributed by atoms with Crippen LogP contribution in [0.15, 0.2) is 53.4 Å². The summed E-state index contributed by atoms with van der Waals surface area (Å²) in [5.74, 6) is 0.675. The van der Waals surface area contributed by atoms with E-state index >= 15 is 0 Å². The summed E-state index contributed by atoms with van der Waals surface area (Å²) in [6, 6.07) is 8.03. The van der Waals surface area contributed by atoms with Crippen molar-refractivity contribution in [3.8, 4) is 22.6 Å². The molecule has 28 heavy (non-hydrogen) atoms. The van der Waals surface area contributed by atoms with Crippen LogP contribution in [0, 0.1) is 5.82 Å². The van der Waals surface area contributed by atoms with Gasteiger partial charge < -0.3 is 14.5 Å². The molecule has 0 saturated carbocycles. The number of oxazole rings is 1. The fourth-order valence-electron chi connectivity index (χ4n) is 3.43. The van der Waals surface area contributed by atoms with Gasteiger partial charge in [0.15, 0.2) is 0 Å². The lowest BCUT2D eigenvalue weighted by atomic mass is 10.1. The number of imidazole rings is 1. The number of ether oxygens (including phenoxy) is 1. The van der Waals surface area contributed by atoms with Crippen molar-refractivity contribution in [3.63, 3.8) is 0 Å². The Morgan fingerprint density at radius 2 is 2.07 bits per heavy atom. The first-order chi connectivity index (χ1) is 13.8. The Morgan fingerprint density at radius 3 is 2.89 bits per heavy atom. The van der Waals surface area contributed by atoms with Crippen molar-refractivity contribution in [2.24, 2.45) is 0 Å². The van der Waals surface area contributed by atoms with Gasteiger partial charge in [0.1, 0.15) is 23.5 Å². The van der Waals surface area contributed by atoms with Crippen molar-refractivity contribution >= 4 is 11.8 Å². The van der Waals surface area contributed by atoms with Crippen molar-refractivity contribution < 1.29 is 13.5 Å². The number of hydrogen-bond donors (Lipinski definition) is 1. The van der Waals surface area contributed by atoms with Gasteiger partial charge in [0.2, 0.25) is 5.95 Å². The van der Waals surface area contributed by atoms with E-state index in [1.165, 1.54) is 12.1 Å². The zero-order valence-corrected chi connectivity index (χ0v) is 15.0. The van der Waals surface area contributed by atoms with Crippen molar-refractivity contribution in [1.82, 2.24) is 19.4 Å². The Hall–Kier alpha value is -3.26. The lowest BCUT2D eigenvalue weighted by molar-refractivity contribution is 0.120. The molecule has 3 aromatic heterocycles. The van der Waals surface area contributed by atoms with E-state index in [9.17, 15) is 4.39 Å². The highest BCUT2D eigenvalue weighted by atomic mass is 19.1. The van der Waals surface area contributed by atoms with Crippen LogP contribution in [0.3, 0.4) is 0 Å². The number of hydrogen-bond acceptors (Lipinski definition) is 6. The first-order valence-corrected chi connectivity index (χ1v) is 9.18. The lowest BCUT2D eigenvalue weighted by Crippen LogP contribution is -2.19. The summed E-state index contributed by atoms with van der Waals surface area (Å²) in [6.45, 7) is 1.48. The highest BCUT2D eigenvalue weighted by Crippen LogP contribution is 2.32.